The van der Waals surface area contributed by atoms with Crippen LogP contribution in [-0.2, 0) is 4.74 Å². The first-order valence-electron chi connectivity index (χ1n) is 10.7. The van der Waals surface area contributed by atoms with E-state index < -0.39 is 11.9 Å². The molecule has 0 saturated carbocycles. The summed E-state index contributed by atoms with van der Waals surface area (Å²) in [4.78, 5) is 25.4. The van der Waals surface area contributed by atoms with E-state index in [2.05, 4.69) is 5.32 Å². The van der Waals surface area contributed by atoms with E-state index in [9.17, 15) is 14.7 Å². The third-order valence-electron chi connectivity index (χ3n) is 5.46. The van der Waals surface area contributed by atoms with Crippen LogP contribution in [0.25, 0.3) is 21.9 Å². The van der Waals surface area contributed by atoms with Gasteiger partial charge in [-0.05, 0) is 65.0 Å². The van der Waals surface area contributed by atoms with E-state index in [4.69, 9.17) is 20.6 Å². The van der Waals surface area contributed by atoms with Crippen LogP contribution in [0.4, 0.5) is 5.69 Å². The third kappa shape index (κ3) is 4.97. The van der Waals surface area contributed by atoms with Crippen LogP contribution in [0.3, 0.4) is 0 Å². The van der Waals surface area contributed by atoms with E-state index in [-0.39, 0.29) is 18.2 Å². The van der Waals surface area contributed by atoms with E-state index in [1.807, 2.05) is 0 Å². The summed E-state index contributed by atoms with van der Waals surface area (Å²) in [6.07, 6.45) is 0. The van der Waals surface area contributed by atoms with Gasteiger partial charge in [-0.25, -0.2) is 4.79 Å². The molecule has 0 bridgehead atoms. The second-order valence-corrected chi connectivity index (χ2v) is 7.72. The summed E-state index contributed by atoms with van der Waals surface area (Å²) in [5.74, 6) is -1.05. The highest BCUT2D eigenvalue weighted by atomic mass is 16.7. The molecule has 176 valence electrons. The number of methoxy groups -OCH3 is 1. The fourth-order valence-corrected chi connectivity index (χ4v) is 3.79. The lowest BCUT2D eigenvalue weighted by Gasteiger charge is -2.15. The summed E-state index contributed by atoms with van der Waals surface area (Å²) in [5, 5.41) is 21.7. The maximum absolute atomic E-state index is 13.2. The minimum absolute atomic E-state index is 0.0382. The molecule has 8 heteroatoms. The number of carbonyl (C=O) groups is 2. The topological polar surface area (TPSA) is 135 Å². The van der Waals surface area contributed by atoms with Crippen LogP contribution in [0, 0.1) is 5.41 Å². The van der Waals surface area contributed by atoms with Crippen molar-refractivity contribution in [2.24, 2.45) is 5.73 Å². The van der Waals surface area contributed by atoms with Gasteiger partial charge in [-0.1, -0.05) is 30.3 Å². The number of nitrogen functional groups attached to an aromatic ring is 1. The van der Waals surface area contributed by atoms with Gasteiger partial charge >= 0.3 is 5.97 Å². The minimum Gasteiger partial charge on any atom is -0.478 e. The van der Waals surface area contributed by atoms with Crippen LogP contribution < -0.4 is 15.8 Å². The fraction of sp³-hybridized carbons (Fsp3) is 0.0741. The summed E-state index contributed by atoms with van der Waals surface area (Å²) in [6, 6.07) is 22.0. The van der Waals surface area contributed by atoms with Crippen molar-refractivity contribution in [3.8, 4) is 16.9 Å². The van der Waals surface area contributed by atoms with E-state index in [1.54, 1.807) is 78.9 Å². The Kier molecular flexibility index (Phi) is 6.75. The molecule has 0 heterocycles. The molecule has 4 rings (SSSR count). The number of aromatic carboxylic acids is 1. The predicted octanol–water partition coefficient (Wildman–Crippen LogP) is 4.72. The monoisotopic (exact) mass is 469 g/mol. The van der Waals surface area contributed by atoms with Crippen LogP contribution in [0.15, 0.2) is 78.9 Å². The van der Waals surface area contributed by atoms with Gasteiger partial charge in [-0.2, -0.15) is 0 Å². The lowest BCUT2D eigenvalue weighted by Crippen LogP contribution is -2.14. The first-order chi connectivity index (χ1) is 16.9. The van der Waals surface area contributed by atoms with Gasteiger partial charge in [0.2, 0.25) is 0 Å². The second-order valence-electron chi connectivity index (χ2n) is 7.72. The third-order valence-corrected chi connectivity index (χ3v) is 5.46. The number of nitrogens with two attached hydrogens (primary N) is 1. The quantitative estimate of drug-likeness (QED) is 0.167. The van der Waals surface area contributed by atoms with Crippen LogP contribution >= 0.6 is 0 Å². The van der Waals surface area contributed by atoms with Crippen molar-refractivity contribution in [3.63, 3.8) is 0 Å². The van der Waals surface area contributed by atoms with Crippen LogP contribution in [0.5, 0.6) is 5.75 Å². The van der Waals surface area contributed by atoms with Crippen LogP contribution in [0.2, 0.25) is 0 Å². The molecule has 0 atom stereocenters. The summed E-state index contributed by atoms with van der Waals surface area (Å²) in [5.41, 5.74) is 7.76. The summed E-state index contributed by atoms with van der Waals surface area (Å²) in [7, 11) is 1.52. The van der Waals surface area contributed by atoms with Crippen molar-refractivity contribution in [1.82, 2.24) is 0 Å². The molecule has 8 nitrogen and oxygen atoms in total. The zero-order valence-corrected chi connectivity index (χ0v) is 18.9. The first-order valence-corrected chi connectivity index (χ1v) is 10.7. The number of amides is 1. The highest BCUT2D eigenvalue weighted by molar-refractivity contribution is 6.12. The molecular weight excluding hydrogens is 446 g/mol. The maximum Gasteiger partial charge on any atom is 0.336 e. The van der Waals surface area contributed by atoms with E-state index in [0.29, 0.717) is 44.5 Å². The molecule has 0 aliphatic rings. The van der Waals surface area contributed by atoms with Gasteiger partial charge in [0, 0.05) is 29.3 Å². The molecule has 0 saturated heterocycles. The largest absolute Gasteiger partial charge is 0.478 e. The van der Waals surface area contributed by atoms with Gasteiger partial charge in [0.1, 0.15) is 11.6 Å². The smallest absolute Gasteiger partial charge is 0.336 e. The highest BCUT2D eigenvalue weighted by Gasteiger charge is 2.20. The molecule has 4 aromatic rings. The Bertz CT molecular complexity index is 1430. The van der Waals surface area contributed by atoms with E-state index in [0.717, 1.165) is 0 Å². The number of anilines is 1. The van der Waals surface area contributed by atoms with Crippen molar-refractivity contribution < 1.29 is 24.2 Å². The number of hydrogen-bond acceptors (Lipinski definition) is 5. The minimum atomic E-state index is -1.11. The number of ether oxygens (including phenoxy) is 2. The Morgan fingerprint density at radius 3 is 2.37 bits per heavy atom. The lowest BCUT2D eigenvalue weighted by atomic mass is 9.92. The molecule has 0 aromatic heterocycles. The fourth-order valence-electron chi connectivity index (χ4n) is 3.79. The molecule has 0 aliphatic heterocycles. The average Bonchev–Trinajstić information content (AvgIpc) is 2.86. The molecule has 4 aromatic carbocycles. The van der Waals surface area contributed by atoms with Gasteiger partial charge in [0.25, 0.3) is 5.91 Å². The number of carboxylic acid groups (broad SMARTS) is 1. The number of hydrogen-bond donors (Lipinski definition) is 4. The Balaban J connectivity index is 1.80. The zero-order chi connectivity index (χ0) is 24.9. The number of amidine groups is 1. The molecule has 35 heavy (non-hydrogen) atoms. The molecular formula is C27H23N3O5. The standard InChI is InChI=1S/C27H23N3O5/c1-34-15-35-24-8-4-5-17-13-23(27(32)33)22(14-21(17)24)19-6-2-3-7-20(19)26(31)30-18-11-9-16(10-12-18)25(28)29/h2-14H,15H2,1H3,(H3,28,29)(H,30,31)(H,32,33). The van der Waals surface area contributed by atoms with Gasteiger partial charge in [0.05, 0.1) is 5.56 Å². The Hall–Kier alpha value is -4.69. The number of carbonyl (C=O) groups excluding carboxylic acids is 1. The molecule has 0 unspecified atom stereocenters. The molecule has 5 N–H and O–H groups in total. The summed E-state index contributed by atoms with van der Waals surface area (Å²) >= 11 is 0. The number of carboxylic acids is 1. The number of nitrogens with one attached hydrogen (secondary N) is 2. The van der Waals surface area contributed by atoms with E-state index >= 15 is 0 Å². The van der Waals surface area contributed by atoms with Gasteiger partial charge in [-0.3, -0.25) is 10.2 Å². The second kappa shape index (κ2) is 10.1. The zero-order valence-electron chi connectivity index (χ0n) is 18.9. The highest BCUT2D eigenvalue weighted by Crippen LogP contribution is 2.35. The summed E-state index contributed by atoms with van der Waals surface area (Å²) in [6.45, 7) is 0.0382. The average molecular weight is 469 g/mol. The van der Waals surface area contributed by atoms with Crippen LogP contribution in [0.1, 0.15) is 26.3 Å². The van der Waals surface area contributed by atoms with E-state index in [1.165, 1.54) is 7.11 Å². The lowest BCUT2D eigenvalue weighted by molar-refractivity contribution is 0.0522. The first kappa shape index (κ1) is 23.5. The molecule has 0 fully saturated rings. The molecule has 0 spiro atoms. The number of rotatable bonds is 8. The predicted molar refractivity (Wildman–Crippen MR) is 134 cm³/mol. The Morgan fingerprint density at radius 1 is 0.943 bits per heavy atom. The maximum atomic E-state index is 13.2. The number of fused-ring (bicyclic) bond motifs is 1. The SMILES string of the molecule is COCOc1cccc2cc(C(=O)O)c(-c3ccccc3C(=O)Nc3ccc(C(=N)N)cc3)cc12. The van der Waals surface area contributed by atoms with Gasteiger partial charge in [-0.15, -0.1) is 0 Å². The van der Waals surface area contributed by atoms with Crippen molar-refractivity contribution in [3.05, 3.63) is 95.6 Å². The summed E-state index contributed by atoms with van der Waals surface area (Å²) < 4.78 is 10.7. The van der Waals surface area contributed by atoms with Crippen molar-refractivity contribution >= 4 is 34.2 Å². The Labute approximate surface area is 201 Å². The van der Waals surface area contributed by atoms with Gasteiger partial charge < -0.3 is 25.6 Å². The van der Waals surface area contributed by atoms with Crippen LogP contribution in [-0.4, -0.2) is 36.7 Å². The van der Waals surface area contributed by atoms with Crippen molar-refractivity contribution in [1.29, 1.82) is 5.41 Å². The van der Waals surface area contributed by atoms with Gasteiger partial charge in [0.15, 0.2) is 6.79 Å². The molecule has 0 radical (unpaired) electrons. The molecule has 1 amide bonds. The normalized spacial score (nSPS) is 10.7. The number of benzene rings is 4. The van der Waals surface area contributed by atoms with Crippen molar-refractivity contribution in [2.75, 3.05) is 19.2 Å². The molecule has 0 aliphatic carbocycles. The Morgan fingerprint density at radius 2 is 1.69 bits per heavy atom. The van der Waals surface area contributed by atoms with Crippen molar-refractivity contribution in [2.45, 2.75) is 0 Å².